The van der Waals surface area contributed by atoms with Crippen molar-refractivity contribution in [3.05, 3.63) is 10.4 Å². The van der Waals surface area contributed by atoms with Crippen molar-refractivity contribution in [2.45, 2.75) is 24.9 Å². The summed E-state index contributed by atoms with van der Waals surface area (Å²) in [6.07, 6.45) is -0.740. The first-order valence-corrected chi connectivity index (χ1v) is 4.33. The SMILES string of the molecule is [N-]=[N+]=NC1CCC(C(=O)O)N(C(=O)O)C1. The molecule has 1 fully saturated rings. The van der Waals surface area contributed by atoms with E-state index in [2.05, 4.69) is 10.0 Å². The average molecular weight is 214 g/mol. The molecular weight excluding hydrogens is 204 g/mol. The number of carbonyl (C=O) groups is 2. The molecule has 0 saturated carbocycles. The predicted molar refractivity (Wildman–Crippen MR) is 48.3 cm³/mol. The van der Waals surface area contributed by atoms with Crippen LogP contribution in [0.4, 0.5) is 4.79 Å². The third-order valence-electron chi connectivity index (χ3n) is 2.30. The van der Waals surface area contributed by atoms with E-state index >= 15 is 0 Å². The van der Waals surface area contributed by atoms with E-state index in [9.17, 15) is 9.59 Å². The van der Waals surface area contributed by atoms with Gasteiger partial charge in [-0.25, -0.2) is 9.59 Å². The number of rotatable bonds is 2. The van der Waals surface area contributed by atoms with Gasteiger partial charge in [0.1, 0.15) is 6.04 Å². The molecule has 2 unspecified atom stereocenters. The van der Waals surface area contributed by atoms with Gasteiger partial charge in [-0.05, 0) is 18.4 Å². The number of hydrogen-bond donors (Lipinski definition) is 2. The Bertz CT molecular complexity index is 325. The van der Waals surface area contributed by atoms with Crippen molar-refractivity contribution in [1.82, 2.24) is 4.90 Å². The van der Waals surface area contributed by atoms with Crippen molar-refractivity contribution in [3.63, 3.8) is 0 Å². The highest BCUT2D eigenvalue weighted by Crippen LogP contribution is 2.20. The van der Waals surface area contributed by atoms with E-state index in [0.29, 0.717) is 6.42 Å². The third-order valence-corrected chi connectivity index (χ3v) is 2.30. The second kappa shape index (κ2) is 4.52. The highest BCUT2D eigenvalue weighted by molar-refractivity contribution is 5.79. The van der Waals surface area contributed by atoms with E-state index in [-0.39, 0.29) is 13.0 Å². The summed E-state index contributed by atoms with van der Waals surface area (Å²) in [5.74, 6) is -1.17. The van der Waals surface area contributed by atoms with E-state index in [0.717, 1.165) is 4.90 Å². The van der Waals surface area contributed by atoms with Crippen molar-refractivity contribution in [2.24, 2.45) is 5.11 Å². The minimum Gasteiger partial charge on any atom is -0.480 e. The Balaban J connectivity index is 2.77. The molecule has 1 amide bonds. The maximum absolute atomic E-state index is 10.7. The van der Waals surface area contributed by atoms with Crippen LogP contribution in [0.25, 0.3) is 10.4 Å². The van der Waals surface area contributed by atoms with Crippen LogP contribution in [0.2, 0.25) is 0 Å². The zero-order valence-electron chi connectivity index (χ0n) is 7.78. The Morgan fingerprint density at radius 1 is 1.40 bits per heavy atom. The smallest absolute Gasteiger partial charge is 0.408 e. The van der Waals surface area contributed by atoms with Gasteiger partial charge >= 0.3 is 12.1 Å². The molecule has 2 atom stereocenters. The molecule has 8 nitrogen and oxygen atoms in total. The lowest BCUT2D eigenvalue weighted by Gasteiger charge is -2.33. The molecule has 0 aromatic carbocycles. The molecular formula is C7H10N4O4. The molecule has 1 saturated heterocycles. The number of carboxylic acids is 1. The minimum absolute atomic E-state index is 0.0592. The monoisotopic (exact) mass is 214 g/mol. The fourth-order valence-corrected chi connectivity index (χ4v) is 1.59. The average Bonchev–Trinajstić information content (AvgIpc) is 2.17. The van der Waals surface area contributed by atoms with Crippen LogP contribution in [0.1, 0.15) is 12.8 Å². The van der Waals surface area contributed by atoms with E-state index < -0.39 is 24.1 Å². The summed E-state index contributed by atoms with van der Waals surface area (Å²) in [6.45, 7) is -0.0592. The number of likely N-dealkylation sites (tertiary alicyclic amines) is 1. The highest BCUT2D eigenvalue weighted by Gasteiger charge is 2.35. The molecule has 0 radical (unpaired) electrons. The summed E-state index contributed by atoms with van der Waals surface area (Å²) >= 11 is 0. The predicted octanol–water partition coefficient (Wildman–Crippen LogP) is 0.892. The summed E-state index contributed by atoms with van der Waals surface area (Å²) in [7, 11) is 0. The Kier molecular flexibility index (Phi) is 3.35. The van der Waals surface area contributed by atoms with E-state index in [1.807, 2.05) is 0 Å². The molecule has 15 heavy (non-hydrogen) atoms. The van der Waals surface area contributed by atoms with Gasteiger partial charge in [0, 0.05) is 11.5 Å². The maximum atomic E-state index is 10.7. The second-order valence-electron chi connectivity index (χ2n) is 3.23. The summed E-state index contributed by atoms with van der Waals surface area (Å²) in [4.78, 5) is 24.8. The van der Waals surface area contributed by atoms with E-state index in [1.54, 1.807) is 0 Å². The number of piperidine rings is 1. The van der Waals surface area contributed by atoms with Crippen molar-refractivity contribution in [2.75, 3.05) is 6.54 Å². The normalized spacial score (nSPS) is 25.5. The molecule has 1 heterocycles. The first-order valence-electron chi connectivity index (χ1n) is 4.33. The second-order valence-corrected chi connectivity index (χ2v) is 3.23. The lowest BCUT2D eigenvalue weighted by molar-refractivity contribution is -0.143. The van der Waals surface area contributed by atoms with Gasteiger partial charge in [0.05, 0.1) is 6.04 Å². The number of nitrogens with zero attached hydrogens (tertiary/aromatic N) is 4. The van der Waals surface area contributed by atoms with Crippen LogP contribution in [0.5, 0.6) is 0 Å². The zero-order chi connectivity index (χ0) is 11.4. The lowest BCUT2D eigenvalue weighted by Crippen LogP contribution is -2.51. The first-order chi connectivity index (χ1) is 7.06. The number of amides is 1. The van der Waals surface area contributed by atoms with Gasteiger partial charge in [0.15, 0.2) is 0 Å². The molecule has 0 aromatic heterocycles. The Labute approximate surface area is 84.7 Å². The molecule has 1 aliphatic heterocycles. The number of azide groups is 1. The number of hydrogen-bond acceptors (Lipinski definition) is 3. The molecule has 1 aliphatic rings. The van der Waals surface area contributed by atoms with Crippen LogP contribution < -0.4 is 0 Å². The van der Waals surface area contributed by atoms with Gasteiger partial charge in [-0.1, -0.05) is 5.11 Å². The van der Waals surface area contributed by atoms with Gasteiger partial charge in [0.25, 0.3) is 0 Å². The van der Waals surface area contributed by atoms with Gasteiger partial charge in [-0.15, -0.1) is 0 Å². The molecule has 1 rings (SSSR count). The van der Waals surface area contributed by atoms with E-state index in [4.69, 9.17) is 15.7 Å². The van der Waals surface area contributed by atoms with Crippen molar-refractivity contribution < 1.29 is 19.8 Å². The Morgan fingerprint density at radius 3 is 2.53 bits per heavy atom. The summed E-state index contributed by atoms with van der Waals surface area (Å²) < 4.78 is 0. The van der Waals surface area contributed by atoms with Gasteiger partial charge < -0.3 is 10.2 Å². The number of carboxylic acid groups (broad SMARTS) is 2. The zero-order valence-corrected chi connectivity index (χ0v) is 7.78. The molecule has 0 aromatic rings. The summed E-state index contributed by atoms with van der Waals surface area (Å²) in [5, 5.41) is 20.9. The van der Waals surface area contributed by atoms with Crippen LogP contribution >= 0.6 is 0 Å². The molecule has 2 N–H and O–H groups in total. The lowest BCUT2D eigenvalue weighted by atomic mass is 9.99. The van der Waals surface area contributed by atoms with Gasteiger partial charge in [-0.3, -0.25) is 4.90 Å². The quantitative estimate of drug-likeness (QED) is 0.402. The van der Waals surface area contributed by atoms with Crippen molar-refractivity contribution >= 4 is 12.1 Å². The number of aliphatic carboxylic acids is 1. The minimum atomic E-state index is -1.31. The van der Waals surface area contributed by atoms with Crippen LogP contribution in [-0.2, 0) is 4.79 Å². The largest absolute Gasteiger partial charge is 0.480 e. The first kappa shape index (κ1) is 11.1. The third kappa shape index (κ3) is 2.50. The van der Waals surface area contributed by atoms with Crippen LogP contribution in [0.15, 0.2) is 5.11 Å². The van der Waals surface area contributed by atoms with Crippen LogP contribution in [0, 0.1) is 0 Å². The van der Waals surface area contributed by atoms with E-state index in [1.165, 1.54) is 0 Å². The summed E-state index contributed by atoms with van der Waals surface area (Å²) in [5.41, 5.74) is 8.19. The highest BCUT2D eigenvalue weighted by atomic mass is 16.4. The van der Waals surface area contributed by atoms with Gasteiger partial charge in [-0.2, -0.15) is 0 Å². The molecule has 0 aliphatic carbocycles. The Hall–Kier alpha value is -1.95. The molecule has 8 heteroatoms. The maximum Gasteiger partial charge on any atom is 0.408 e. The fourth-order valence-electron chi connectivity index (χ4n) is 1.59. The van der Waals surface area contributed by atoms with Crippen LogP contribution in [-0.4, -0.2) is 45.8 Å². The Morgan fingerprint density at radius 2 is 2.07 bits per heavy atom. The standard InChI is InChI=1S/C7H10N4O4/c8-10-9-4-1-2-5(6(12)13)11(3-4)7(14)15/h4-5H,1-3H2,(H,12,13)(H,14,15). The topological polar surface area (TPSA) is 127 Å². The summed E-state index contributed by atoms with van der Waals surface area (Å²) in [6, 6.07) is -1.51. The molecule has 0 spiro atoms. The van der Waals surface area contributed by atoms with Crippen LogP contribution in [0.3, 0.4) is 0 Å². The molecule has 82 valence electrons. The van der Waals surface area contributed by atoms with Gasteiger partial charge in [0.2, 0.25) is 0 Å². The van der Waals surface area contributed by atoms with Crippen molar-refractivity contribution in [3.8, 4) is 0 Å². The van der Waals surface area contributed by atoms with Crippen molar-refractivity contribution in [1.29, 1.82) is 0 Å². The molecule has 0 bridgehead atoms. The fraction of sp³-hybridized carbons (Fsp3) is 0.714.